The molecule has 0 spiro atoms. The molecular formula is C9H19BrN2O. The number of nitrogens with one attached hydrogen (secondary N) is 1. The predicted octanol–water partition coefficient (Wildman–Crippen LogP) is -2.61. The first-order chi connectivity index (χ1) is 5.35. The first kappa shape index (κ1) is 15.1. The molecule has 1 amide bonds. The number of nitrogens with zero attached hydrogens (tertiary/aromatic N) is 1. The zero-order chi connectivity index (χ0) is 9.78. The van der Waals surface area contributed by atoms with Crippen molar-refractivity contribution in [3.05, 3.63) is 12.7 Å². The Hall–Kier alpha value is -0.350. The molecule has 0 aliphatic heterocycles. The van der Waals surface area contributed by atoms with Gasteiger partial charge >= 0.3 is 0 Å². The van der Waals surface area contributed by atoms with Gasteiger partial charge in [-0.15, -0.1) is 0 Å². The second-order valence-corrected chi connectivity index (χ2v) is 4.09. The average Bonchev–Trinajstić information content (AvgIpc) is 1.82. The van der Waals surface area contributed by atoms with Crippen molar-refractivity contribution >= 4 is 5.91 Å². The Balaban J connectivity index is 0. The van der Waals surface area contributed by atoms with Crippen LogP contribution in [0.1, 0.15) is 6.92 Å². The molecule has 0 rings (SSSR count). The quantitative estimate of drug-likeness (QED) is 0.430. The van der Waals surface area contributed by atoms with Crippen LogP contribution in [0.15, 0.2) is 12.7 Å². The third kappa shape index (κ3) is 9.56. The summed E-state index contributed by atoms with van der Waals surface area (Å²) in [6, 6.07) is 0.190. The number of likely N-dealkylation sites (N-methyl/N-ethyl adjacent to an activating group) is 1. The van der Waals surface area contributed by atoms with Crippen molar-refractivity contribution in [3.8, 4) is 0 Å². The highest BCUT2D eigenvalue weighted by molar-refractivity contribution is 5.87. The highest BCUT2D eigenvalue weighted by atomic mass is 79.9. The van der Waals surface area contributed by atoms with Gasteiger partial charge in [-0.25, -0.2) is 0 Å². The summed E-state index contributed by atoms with van der Waals surface area (Å²) in [6.07, 6.45) is 1.30. The van der Waals surface area contributed by atoms with Gasteiger partial charge in [0.15, 0.2) is 0 Å². The van der Waals surface area contributed by atoms with Crippen LogP contribution in [0.25, 0.3) is 0 Å². The summed E-state index contributed by atoms with van der Waals surface area (Å²) in [6.45, 7) is 6.30. The monoisotopic (exact) mass is 250 g/mol. The van der Waals surface area contributed by atoms with Gasteiger partial charge in [0.1, 0.15) is 0 Å². The Kier molecular flexibility index (Phi) is 7.17. The molecular weight excluding hydrogens is 232 g/mol. The van der Waals surface area contributed by atoms with E-state index in [0.717, 1.165) is 11.0 Å². The van der Waals surface area contributed by atoms with Crippen LogP contribution in [-0.2, 0) is 4.79 Å². The minimum Gasteiger partial charge on any atom is -1.00 e. The van der Waals surface area contributed by atoms with E-state index in [1.807, 2.05) is 6.92 Å². The number of quaternary nitrogens is 1. The minimum absolute atomic E-state index is 0. The van der Waals surface area contributed by atoms with Crippen molar-refractivity contribution in [1.82, 2.24) is 5.32 Å². The standard InChI is InChI=1S/C9H18N2O.BrH/c1-6-9(12)10-8(2)7-11(3,4)5;/h6,8H,1,7H2,2-5H3;1H. The minimum atomic E-state index is -0.101. The summed E-state index contributed by atoms with van der Waals surface area (Å²) in [5.74, 6) is -0.101. The van der Waals surface area contributed by atoms with Crippen LogP contribution in [0.3, 0.4) is 0 Å². The summed E-state index contributed by atoms with van der Waals surface area (Å²) in [5, 5.41) is 2.81. The summed E-state index contributed by atoms with van der Waals surface area (Å²) >= 11 is 0. The van der Waals surface area contributed by atoms with E-state index in [1.54, 1.807) is 0 Å². The molecule has 1 atom stereocenters. The number of carbonyl (C=O) groups excluding carboxylic acids is 1. The second kappa shape index (κ2) is 6.16. The molecule has 13 heavy (non-hydrogen) atoms. The molecule has 3 nitrogen and oxygen atoms in total. The van der Waals surface area contributed by atoms with Gasteiger partial charge in [0, 0.05) is 0 Å². The molecule has 0 aliphatic carbocycles. The normalized spacial score (nSPS) is 12.6. The number of rotatable bonds is 4. The van der Waals surface area contributed by atoms with Crippen molar-refractivity contribution in [1.29, 1.82) is 0 Å². The zero-order valence-electron chi connectivity index (χ0n) is 8.80. The highest BCUT2D eigenvalue weighted by Crippen LogP contribution is 1.93. The predicted molar refractivity (Wildman–Crippen MR) is 50.7 cm³/mol. The van der Waals surface area contributed by atoms with E-state index in [0.29, 0.717) is 0 Å². The van der Waals surface area contributed by atoms with Gasteiger partial charge in [0.25, 0.3) is 0 Å². The van der Waals surface area contributed by atoms with Crippen molar-refractivity contribution in [2.24, 2.45) is 0 Å². The fourth-order valence-electron chi connectivity index (χ4n) is 1.17. The van der Waals surface area contributed by atoms with E-state index < -0.39 is 0 Å². The fraction of sp³-hybridized carbons (Fsp3) is 0.667. The molecule has 0 aromatic carbocycles. The molecule has 0 bridgehead atoms. The fourth-order valence-corrected chi connectivity index (χ4v) is 1.17. The summed E-state index contributed by atoms with van der Waals surface area (Å²) in [4.78, 5) is 10.9. The maximum Gasteiger partial charge on any atom is 0.243 e. The number of carbonyl (C=O) groups is 1. The number of amides is 1. The van der Waals surface area contributed by atoms with Crippen LogP contribution in [-0.4, -0.2) is 44.1 Å². The smallest absolute Gasteiger partial charge is 0.243 e. The van der Waals surface area contributed by atoms with E-state index in [9.17, 15) is 4.79 Å². The van der Waals surface area contributed by atoms with E-state index in [4.69, 9.17) is 0 Å². The molecule has 78 valence electrons. The molecule has 0 heterocycles. The van der Waals surface area contributed by atoms with E-state index >= 15 is 0 Å². The summed E-state index contributed by atoms with van der Waals surface area (Å²) < 4.78 is 0.846. The summed E-state index contributed by atoms with van der Waals surface area (Å²) in [5.41, 5.74) is 0. The lowest BCUT2D eigenvalue weighted by Gasteiger charge is -2.27. The van der Waals surface area contributed by atoms with Crippen LogP contribution < -0.4 is 22.3 Å². The SMILES string of the molecule is C=CC(=O)NC(C)C[N+](C)(C)C.[Br-]. The molecule has 0 fully saturated rings. The Morgan fingerprint density at radius 1 is 1.54 bits per heavy atom. The van der Waals surface area contributed by atoms with E-state index in [2.05, 4.69) is 33.0 Å². The van der Waals surface area contributed by atoms with Gasteiger partial charge in [-0.05, 0) is 13.0 Å². The molecule has 1 unspecified atom stereocenters. The van der Waals surface area contributed by atoms with Crippen LogP contribution in [0.4, 0.5) is 0 Å². The first-order valence-electron chi connectivity index (χ1n) is 4.08. The maximum atomic E-state index is 10.9. The Bertz CT molecular complexity index is 175. The zero-order valence-corrected chi connectivity index (χ0v) is 10.4. The van der Waals surface area contributed by atoms with Crippen LogP contribution >= 0.6 is 0 Å². The topological polar surface area (TPSA) is 29.1 Å². The van der Waals surface area contributed by atoms with Gasteiger partial charge in [0.2, 0.25) is 5.91 Å². The van der Waals surface area contributed by atoms with Crippen LogP contribution in [0.2, 0.25) is 0 Å². The molecule has 0 radical (unpaired) electrons. The Labute approximate surface area is 91.2 Å². The molecule has 0 aromatic heterocycles. The molecule has 0 aliphatic rings. The summed E-state index contributed by atoms with van der Waals surface area (Å²) in [7, 11) is 6.28. The maximum absolute atomic E-state index is 10.9. The Morgan fingerprint density at radius 2 is 2.00 bits per heavy atom. The second-order valence-electron chi connectivity index (χ2n) is 4.09. The van der Waals surface area contributed by atoms with Crippen molar-refractivity contribution in [3.63, 3.8) is 0 Å². The van der Waals surface area contributed by atoms with E-state index in [1.165, 1.54) is 6.08 Å². The van der Waals surface area contributed by atoms with Gasteiger partial charge < -0.3 is 26.8 Å². The first-order valence-corrected chi connectivity index (χ1v) is 4.08. The highest BCUT2D eigenvalue weighted by Gasteiger charge is 2.13. The number of hydrogen-bond acceptors (Lipinski definition) is 1. The van der Waals surface area contributed by atoms with Crippen molar-refractivity contribution in [2.75, 3.05) is 27.7 Å². The lowest BCUT2D eigenvalue weighted by Crippen LogP contribution is -3.00. The van der Waals surface area contributed by atoms with Gasteiger partial charge in [-0.3, -0.25) is 4.79 Å². The lowest BCUT2D eigenvalue weighted by atomic mass is 10.3. The van der Waals surface area contributed by atoms with Crippen LogP contribution in [0, 0.1) is 0 Å². The molecule has 0 aromatic rings. The van der Waals surface area contributed by atoms with Crippen molar-refractivity contribution < 1.29 is 26.3 Å². The molecule has 1 N–H and O–H groups in total. The number of hydrogen-bond donors (Lipinski definition) is 1. The number of halogens is 1. The van der Waals surface area contributed by atoms with Gasteiger partial charge in [-0.1, -0.05) is 6.58 Å². The average molecular weight is 251 g/mol. The molecule has 4 heteroatoms. The molecule has 0 saturated heterocycles. The van der Waals surface area contributed by atoms with Gasteiger partial charge in [0.05, 0.1) is 33.7 Å². The largest absolute Gasteiger partial charge is 1.00 e. The van der Waals surface area contributed by atoms with E-state index in [-0.39, 0.29) is 28.9 Å². The van der Waals surface area contributed by atoms with Crippen molar-refractivity contribution in [2.45, 2.75) is 13.0 Å². The molecule has 0 saturated carbocycles. The Morgan fingerprint density at radius 3 is 2.31 bits per heavy atom. The van der Waals surface area contributed by atoms with Gasteiger partial charge in [-0.2, -0.15) is 0 Å². The lowest BCUT2D eigenvalue weighted by molar-refractivity contribution is -0.871. The third-order valence-electron chi connectivity index (χ3n) is 1.40. The van der Waals surface area contributed by atoms with Crippen LogP contribution in [0.5, 0.6) is 0 Å². The third-order valence-corrected chi connectivity index (χ3v) is 1.40.